The Kier molecular flexibility index (Phi) is 13.1. The zero-order valence-corrected chi connectivity index (χ0v) is 13.8. The molecule has 0 fully saturated rings. The summed E-state index contributed by atoms with van der Waals surface area (Å²) in [6.07, 6.45) is 16.1. The van der Waals surface area contributed by atoms with Gasteiger partial charge in [-0.3, -0.25) is 0 Å². The molecule has 4 nitrogen and oxygen atoms in total. The molecule has 0 saturated heterocycles. The minimum atomic E-state index is -0.644. The normalized spacial score (nSPS) is 11.9. The average Bonchev–Trinajstić information content (AvgIpc) is 2.51. The molecule has 22 heavy (non-hydrogen) atoms. The second-order valence-corrected chi connectivity index (χ2v) is 5.22. The molecule has 0 aromatic carbocycles. The Hall–Kier alpha value is -1.76. The van der Waals surface area contributed by atoms with E-state index in [4.69, 9.17) is 15.9 Å². The molecular weight excluding hydrogens is 280 g/mol. The van der Waals surface area contributed by atoms with Crippen LogP contribution in [0.25, 0.3) is 0 Å². The van der Waals surface area contributed by atoms with Gasteiger partial charge in [0.1, 0.15) is 0 Å². The summed E-state index contributed by atoms with van der Waals surface area (Å²) in [6, 6.07) is 0. The molecule has 0 aliphatic rings. The Bertz CT molecular complexity index is 379. The van der Waals surface area contributed by atoms with Gasteiger partial charge in [-0.05, 0) is 13.3 Å². The zero-order valence-electron chi connectivity index (χ0n) is 13.8. The molecule has 0 aromatic rings. The Morgan fingerprint density at radius 3 is 2.14 bits per heavy atom. The molecule has 0 radical (unpaired) electrons. The molecule has 0 aliphatic heterocycles. The summed E-state index contributed by atoms with van der Waals surface area (Å²) in [4.78, 5) is 22.6. The molecule has 0 rings (SSSR count). The molecule has 0 N–H and O–H groups in total. The van der Waals surface area contributed by atoms with Crippen molar-refractivity contribution < 1.29 is 19.1 Å². The fourth-order valence-corrected chi connectivity index (χ4v) is 1.84. The largest absolute Gasteiger partial charge is 0.463 e. The van der Waals surface area contributed by atoms with Crippen molar-refractivity contribution >= 4 is 11.9 Å². The van der Waals surface area contributed by atoms with E-state index in [0.717, 1.165) is 25.0 Å². The second kappa shape index (κ2) is 14.2. The molecule has 1 atom stereocenters. The van der Waals surface area contributed by atoms with Crippen molar-refractivity contribution in [3.63, 3.8) is 0 Å². The first-order valence-electron chi connectivity index (χ1n) is 8.11. The second-order valence-electron chi connectivity index (χ2n) is 5.22. The fourth-order valence-electron chi connectivity index (χ4n) is 1.84. The van der Waals surface area contributed by atoms with Crippen LogP contribution in [0, 0.1) is 12.3 Å². The van der Waals surface area contributed by atoms with Crippen LogP contribution in [0.3, 0.4) is 0 Å². The van der Waals surface area contributed by atoms with Crippen LogP contribution in [0.2, 0.25) is 0 Å². The van der Waals surface area contributed by atoms with Crippen LogP contribution in [0.5, 0.6) is 0 Å². The first kappa shape index (κ1) is 20.2. The Labute approximate surface area is 134 Å². The monoisotopic (exact) mass is 308 g/mol. The average molecular weight is 308 g/mol. The third kappa shape index (κ3) is 13.2. The molecule has 0 aromatic heterocycles. The van der Waals surface area contributed by atoms with Gasteiger partial charge >= 0.3 is 11.9 Å². The number of unbranched alkanes of at least 4 members (excludes halogenated alkanes) is 7. The maximum Gasteiger partial charge on any atom is 0.332 e. The lowest BCUT2D eigenvalue weighted by atomic mass is 10.1. The number of carbonyl (C=O) groups is 2. The maximum atomic E-state index is 11.4. The lowest BCUT2D eigenvalue weighted by Gasteiger charge is -2.04. The summed E-state index contributed by atoms with van der Waals surface area (Å²) in [5.74, 6) is 1.08. The number of esters is 2. The minimum absolute atomic E-state index is 0.383. The van der Waals surface area contributed by atoms with E-state index >= 15 is 0 Å². The van der Waals surface area contributed by atoms with Crippen molar-refractivity contribution in [2.45, 2.75) is 71.3 Å². The predicted octanol–water partition coefficient (Wildman–Crippen LogP) is 3.79. The smallest absolute Gasteiger partial charge is 0.332 e. The van der Waals surface area contributed by atoms with Crippen molar-refractivity contribution in [3.05, 3.63) is 12.2 Å². The van der Waals surface area contributed by atoms with Gasteiger partial charge in [-0.2, -0.15) is 0 Å². The van der Waals surface area contributed by atoms with E-state index in [1.807, 2.05) is 0 Å². The van der Waals surface area contributed by atoms with Crippen molar-refractivity contribution in [1.82, 2.24) is 0 Å². The highest BCUT2D eigenvalue weighted by Crippen LogP contribution is 2.08. The third-order valence-electron chi connectivity index (χ3n) is 3.13. The molecule has 0 amide bonds. The summed E-state index contributed by atoms with van der Waals surface area (Å²) >= 11 is 0. The number of terminal acetylenes is 1. The van der Waals surface area contributed by atoms with Crippen LogP contribution in [0.1, 0.15) is 65.2 Å². The first-order valence-corrected chi connectivity index (χ1v) is 8.11. The topological polar surface area (TPSA) is 52.6 Å². The molecule has 0 aliphatic carbocycles. The van der Waals surface area contributed by atoms with E-state index in [2.05, 4.69) is 12.8 Å². The number of ether oxygens (including phenoxy) is 2. The lowest BCUT2D eigenvalue weighted by molar-refractivity contribution is -0.141. The third-order valence-corrected chi connectivity index (χ3v) is 3.13. The highest BCUT2D eigenvalue weighted by Gasteiger charge is 2.04. The van der Waals surface area contributed by atoms with Gasteiger partial charge in [0.15, 0.2) is 6.10 Å². The molecule has 0 bridgehead atoms. The molecule has 0 spiro atoms. The van der Waals surface area contributed by atoms with Crippen LogP contribution in [-0.2, 0) is 19.1 Å². The lowest BCUT2D eigenvalue weighted by Crippen LogP contribution is -2.11. The van der Waals surface area contributed by atoms with Crippen LogP contribution in [0.4, 0.5) is 0 Å². The van der Waals surface area contributed by atoms with Gasteiger partial charge in [-0.15, -0.1) is 6.42 Å². The number of hydrogen-bond donors (Lipinski definition) is 0. The summed E-state index contributed by atoms with van der Waals surface area (Å²) < 4.78 is 9.77. The van der Waals surface area contributed by atoms with Crippen molar-refractivity contribution in [2.24, 2.45) is 0 Å². The van der Waals surface area contributed by atoms with E-state index < -0.39 is 18.0 Å². The van der Waals surface area contributed by atoms with Gasteiger partial charge in [0, 0.05) is 12.2 Å². The quantitative estimate of drug-likeness (QED) is 0.238. The van der Waals surface area contributed by atoms with Gasteiger partial charge < -0.3 is 9.47 Å². The Morgan fingerprint density at radius 1 is 1.00 bits per heavy atom. The molecule has 0 saturated carbocycles. The van der Waals surface area contributed by atoms with Gasteiger partial charge in [-0.1, -0.05) is 57.8 Å². The number of rotatable bonds is 12. The van der Waals surface area contributed by atoms with Crippen LogP contribution >= 0.6 is 0 Å². The van der Waals surface area contributed by atoms with Gasteiger partial charge in [0.2, 0.25) is 0 Å². The summed E-state index contributed by atoms with van der Waals surface area (Å²) in [5.41, 5.74) is 0. The molecule has 124 valence electrons. The van der Waals surface area contributed by atoms with Crippen molar-refractivity contribution in [1.29, 1.82) is 0 Å². The summed E-state index contributed by atoms with van der Waals surface area (Å²) in [6.45, 7) is 4.17. The van der Waals surface area contributed by atoms with E-state index in [1.165, 1.54) is 38.5 Å². The highest BCUT2D eigenvalue weighted by atomic mass is 16.5. The summed E-state index contributed by atoms with van der Waals surface area (Å²) in [7, 11) is 0. The van der Waals surface area contributed by atoms with Crippen LogP contribution < -0.4 is 0 Å². The SMILES string of the molecule is C#CC(C)OC(=O)/C=C/C(=O)OCCCCCCCCCC. The Balaban J connectivity index is 3.54. The van der Waals surface area contributed by atoms with Crippen molar-refractivity contribution in [3.8, 4) is 12.3 Å². The fraction of sp³-hybridized carbons (Fsp3) is 0.667. The minimum Gasteiger partial charge on any atom is -0.463 e. The predicted molar refractivity (Wildman–Crippen MR) is 87.1 cm³/mol. The standard InChI is InChI=1S/C18H28O4/c1-4-6-7-8-9-10-11-12-15-21-17(19)13-14-18(20)22-16(3)5-2/h2,13-14,16H,4,6-12,15H2,1,3H3/b14-13+. The molecule has 4 heteroatoms. The van der Waals surface area contributed by atoms with Gasteiger partial charge in [0.25, 0.3) is 0 Å². The number of carbonyl (C=O) groups excluding carboxylic acids is 2. The number of hydrogen-bond acceptors (Lipinski definition) is 4. The van der Waals surface area contributed by atoms with Gasteiger partial charge in [-0.25, -0.2) is 9.59 Å². The summed E-state index contributed by atoms with van der Waals surface area (Å²) in [5, 5.41) is 0. The van der Waals surface area contributed by atoms with Crippen molar-refractivity contribution in [2.75, 3.05) is 6.61 Å². The van der Waals surface area contributed by atoms with Crippen LogP contribution in [-0.4, -0.2) is 24.6 Å². The first-order chi connectivity index (χ1) is 10.6. The van der Waals surface area contributed by atoms with Gasteiger partial charge in [0.05, 0.1) is 6.61 Å². The van der Waals surface area contributed by atoms with Crippen LogP contribution in [0.15, 0.2) is 12.2 Å². The zero-order chi connectivity index (χ0) is 16.6. The Morgan fingerprint density at radius 2 is 1.55 bits per heavy atom. The van der Waals surface area contributed by atoms with E-state index in [9.17, 15) is 9.59 Å². The molecule has 1 unspecified atom stereocenters. The van der Waals surface area contributed by atoms with E-state index in [1.54, 1.807) is 6.92 Å². The molecule has 0 heterocycles. The highest BCUT2D eigenvalue weighted by molar-refractivity contribution is 5.91. The van der Waals surface area contributed by atoms with E-state index in [-0.39, 0.29) is 0 Å². The van der Waals surface area contributed by atoms with E-state index in [0.29, 0.717) is 6.61 Å². The maximum absolute atomic E-state index is 11.4. The molecular formula is C18H28O4.